The average molecular weight is 364 g/mol. The van der Waals surface area contributed by atoms with Gasteiger partial charge in [0, 0.05) is 41.3 Å². The van der Waals surface area contributed by atoms with Crippen LogP contribution < -0.4 is 5.32 Å². The van der Waals surface area contributed by atoms with E-state index in [0.29, 0.717) is 12.8 Å². The highest BCUT2D eigenvalue weighted by Crippen LogP contribution is 2.51. The Morgan fingerprint density at radius 2 is 1.30 bits per heavy atom. The van der Waals surface area contributed by atoms with Crippen LogP contribution in [0.2, 0.25) is 0 Å². The van der Waals surface area contributed by atoms with E-state index < -0.39 is 0 Å². The third-order valence-corrected chi connectivity index (χ3v) is 6.22. The summed E-state index contributed by atoms with van der Waals surface area (Å²) in [5, 5.41) is 3.57. The van der Waals surface area contributed by atoms with Crippen LogP contribution in [0, 0.1) is 17.8 Å². The molecule has 0 radical (unpaired) electrons. The van der Waals surface area contributed by atoms with Crippen LogP contribution in [0.25, 0.3) is 0 Å². The number of allylic oxidation sites excluding steroid dienone is 4. The second-order valence-corrected chi connectivity index (χ2v) is 10.1. The fraction of sp³-hybridized carbons (Fsp3) is 0.500. The zero-order valence-electron chi connectivity index (χ0n) is 17.0. The first-order valence-corrected chi connectivity index (χ1v) is 9.93. The van der Waals surface area contributed by atoms with Gasteiger partial charge in [0.2, 0.25) is 0 Å². The number of hydrogen-bond donors (Lipinski definition) is 1. The molecule has 142 valence electrons. The van der Waals surface area contributed by atoms with E-state index in [-0.39, 0.29) is 28.3 Å². The Kier molecular flexibility index (Phi) is 3.99. The molecular weight excluding hydrogens is 334 g/mol. The molecule has 1 aromatic rings. The predicted octanol–water partition coefficient (Wildman–Crippen LogP) is 4.97. The molecule has 1 heterocycles. The van der Waals surface area contributed by atoms with Gasteiger partial charge in [-0.1, -0.05) is 52.0 Å². The number of nitrogens with one attached hydrogen (secondary N) is 1. The lowest BCUT2D eigenvalue weighted by atomic mass is 9.64. The van der Waals surface area contributed by atoms with Crippen molar-refractivity contribution in [3.05, 3.63) is 57.9 Å². The molecule has 0 fully saturated rings. The number of carbonyl (C=O) groups excluding carboxylic acids is 2. The van der Waals surface area contributed by atoms with Gasteiger partial charge in [-0.3, -0.25) is 9.59 Å². The van der Waals surface area contributed by atoms with E-state index in [0.717, 1.165) is 46.5 Å². The minimum absolute atomic E-state index is 0.0501. The highest BCUT2D eigenvalue weighted by atomic mass is 16.1. The van der Waals surface area contributed by atoms with Crippen LogP contribution in [0.1, 0.15) is 70.4 Å². The lowest BCUT2D eigenvalue weighted by Crippen LogP contribution is -2.42. The summed E-state index contributed by atoms with van der Waals surface area (Å²) in [7, 11) is 0. The van der Waals surface area contributed by atoms with Gasteiger partial charge in [0.1, 0.15) is 0 Å². The zero-order chi connectivity index (χ0) is 19.6. The van der Waals surface area contributed by atoms with Crippen molar-refractivity contribution < 1.29 is 9.59 Å². The van der Waals surface area contributed by atoms with Gasteiger partial charge in [-0.25, -0.2) is 0 Å². The molecule has 0 spiro atoms. The molecule has 2 aliphatic carbocycles. The van der Waals surface area contributed by atoms with Crippen LogP contribution in [0.3, 0.4) is 0 Å². The van der Waals surface area contributed by atoms with E-state index in [1.54, 1.807) is 0 Å². The van der Waals surface area contributed by atoms with E-state index in [4.69, 9.17) is 0 Å². The van der Waals surface area contributed by atoms with Crippen molar-refractivity contribution in [1.29, 1.82) is 0 Å². The molecule has 3 heteroatoms. The molecule has 4 rings (SSSR count). The summed E-state index contributed by atoms with van der Waals surface area (Å²) in [4.78, 5) is 26.4. The Morgan fingerprint density at radius 3 is 1.78 bits per heavy atom. The molecule has 0 saturated carbocycles. The van der Waals surface area contributed by atoms with Crippen molar-refractivity contribution in [3.8, 4) is 0 Å². The quantitative estimate of drug-likeness (QED) is 0.766. The van der Waals surface area contributed by atoms with E-state index >= 15 is 0 Å². The largest absolute Gasteiger partial charge is 0.362 e. The van der Waals surface area contributed by atoms with Crippen molar-refractivity contribution >= 4 is 11.6 Å². The van der Waals surface area contributed by atoms with Gasteiger partial charge in [0.05, 0.1) is 0 Å². The van der Waals surface area contributed by atoms with Crippen molar-refractivity contribution in [2.24, 2.45) is 10.8 Å². The molecule has 0 atom stereocenters. The van der Waals surface area contributed by atoms with Crippen molar-refractivity contribution in [2.45, 2.75) is 66.2 Å². The molecule has 1 aromatic carbocycles. The monoisotopic (exact) mass is 363 g/mol. The molecule has 0 saturated heterocycles. The zero-order valence-corrected chi connectivity index (χ0v) is 17.0. The van der Waals surface area contributed by atoms with Crippen LogP contribution in [-0.2, 0) is 9.59 Å². The van der Waals surface area contributed by atoms with E-state index in [2.05, 4.69) is 52.1 Å². The average Bonchev–Trinajstić information content (AvgIpc) is 2.51. The summed E-state index contributed by atoms with van der Waals surface area (Å²) in [6, 6.07) is 8.19. The molecular formula is C24H29NO2. The van der Waals surface area contributed by atoms with Gasteiger partial charge in [-0.2, -0.15) is 0 Å². The van der Waals surface area contributed by atoms with Crippen molar-refractivity contribution in [2.75, 3.05) is 0 Å². The summed E-state index contributed by atoms with van der Waals surface area (Å²) in [6.07, 6.45) is 2.78. The molecule has 3 nitrogen and oxygen atoms in total. The number of rotatable bonds is 1. The van der Waals surface area contributed by atoms with Crippen LogP contribution in [-0.4, -0.2) is 11.6 Å². The van der Waals surface area contributed by atoms with Crippen molar-refractivity contribution in [3.63, 3.8) is 0 Å². The van der Waals surface area contributed by atoms with Gasteiger partial charge in [0.25, 0.3) is 0 Å². The lowest BCUT2D eigenvalue weighted by Gasteiger charge is -2.44. The SMILES string of the molecule is Cc1ccccc1C1C2=C(CC(C)(C)CC2=O)NC2=C1C(=O)CC(C)(C)C2. The van der Waals surface area contributed by atoms with Gasteiger partial charge in [-0.15, -0.1) is 0 Å². The fourth-order valence-corrected chi connectivity index (χ4v) is 5.11. The van der Waals surface area contributed by atoms with Crippen LogP contribution in [0.5, 0.6) is 0 Å². The Bertz CT molecular complexity index is 862. The minimum atomic E-state index is -0.218. The summed E-state index contributed by atoms with van der Waals surface area (Å²) in [5.74, 6) is 0.155. The third-order valence-electron chi connectivity index (χ3n) is 6.22. The molecule has 1 aliphatic heterocycles. The standard InChI is InChI=1S/C24H29NO2/c1-14-8-6-7-9-15(14)20-21-16(10-23(2,3)12-18(21)26)25-17-11-24(4,5)13-19(27)22(17)20/h6-9,20,25H,10-13H2,1-5H3. The van der Waals surface area contributed by atoms with E-state index in [9.17, 15) is 9.59 Å². The number of benzene rings is 1. The highest BCUT2D eigenvalue weighted by molar-refractivity contribution is 6.06. The maximum atomic E-state index is 13.2. The fourth-order valence-electron chi connectivity index (χ4n) is 5.11. The maximum Gasteiger partial charge on any atom is 0.162 e. The molecule has 0 unspecified atom stereocenters. The first-order chi connectivity index (χ1) is 12.6. The van der Waals surface area contributed by atoms with Gasteiger partial charge in [-0.05, 0) is 41.7 Å². The summed E-state index contributed by atoms with van der Waals surface area (Å²) in [5.41, 5.74) is 5.86. The third kappa shape index (κ3) is 3.07. The Hall–Kier alpha value is -2.16. The number of ketones is 2. The van der Waals surface area contributed by atoms with Gasteiger partial charge in [0.15, 0.2) is 11.6 Å². The van der Waals surface area contributed by atoms with Crippen molar-refractivity contribution in [1.82, 2.24) is 5.32 Å². The second-order valence-electron chi connectivity index (χ2n) is 10.1. The first kappa shape index (κ1) is 18.2. The van der Waals surface area contributed by atoms with Gasteiger partial charge < -0.3 is 5.32 Å². The number of aryl methyl sites for hydroxylation is 1. The Morgan fingerprint density at radius 1 is 0.815 bits per heavy atom. The molecule has 1 N–H and O–H groups in total. The first-order valence-electron chi connectivity index (χ1n) is 9.93. The Labute approximate surface area is 161 Å². The number of carbonyl (C=O) groups is 2. The van der Waals surface area contributed by atoms with Crippen LogP contribution >= 0.6 is 0 Å². The smallest absolute Gasteiger partial charge is 0.162 e. The number of hydrogen-bond acceptors (Lipinski definition) is 3. The molecule has 0 bridgehead atoms. The Balaban J connectivity index is 1.94. The summed E-state index contributed by atoms with van der Waals surface area (Å²) >= 11 is 0. The number of Topliss-reactive ketones (excluding diaryl/α,β-unsaturated/α-hetero) is 2. The van der Waals surface area contributed by atoms with Crippen LogP contribution in [0.4, 0.5) is 0 Å². The summed E-state index contributed by atoms with van der Waals surface area (Å²) in [6.45, 7) is 10.7. The van der Waals surface area contributed by atoms with Crippen LogP contribution in [0.15, 0.2) is 46.8 Å². The predicted molar refractivity (Wildman–Crippen MR) is 107 cm³/mol. The molecule has 0 amide bonds. The van der Waals surface area contributed by atoms with E-state index in [1.807, 2.05) is 12.1 Å². The number of dihydropyridines is 1. The molecule has 0 aromatic heterocycles. The normalized spacial score (nSPS) is 24.5. The second kappa shape index (κ2) is 5.92. The molecule has 27 heavy (non-hydrogen) atoms. The molecule has 3 aliphatic rings. The topological polar surface area (TPSA) is 46.2 Å². The summed E-state index contributed by atoms with van der Waals surface area (Å²) < 4.78 is 0. The van der Waals surface area contributed by atoms with E-state index in [1.165, 1.54) is 0 Å². The van der Waals surface area contributed by atoms with Gasteiger partial charge >= 0.3 is 0 Å². The maximum absolute atomic E-state index is 13.2. The lowest BCUT2D eigenvalue weighted by molar-refractivity contribution is -0.119. The highest BCUT2D eigenvalue weighted by Gasteiger charge is 2.46. The minimum Gasteiger partial charge on any atom is -0.362 e.